The monoisotopic (exact) mass is 251 g/mol. The molecular weight excluding hydrogens is 235 g/mol. The number of hydrogen-bond donors (Lipinski definition) is 3. The third-order valence-electron chi connectivity index (χ3n) is 3.39. The minimum atomic E-state index is -2.52. The molecule has 4 nitrogen and oxygen atoms in total. The van der Waals surface area contributed by atoms with E-state index in [4.69, 9.17) is 0 Å². The highest BCUT2D eigenvalue weighted by Gasteiger charge is 2.40. The van der Waals surface area contributed by atoms with Gasteiger partial charge < -0.3 is 16.0 Å². The van der Waals surface area contributed by atoms with Gasteiger partial charge in [0.1, 0.15) is 6.17 Å². The minimum absolute atomic E-state index is 0.137. The number of alkyl halides is 3. The molecule has 3 N–H and O–H groups in total. The van der Waals surface area contributed by atoms with Crippen molar-refractivity contribution < 1.29 is 18.0 Å². The Labute approximate surface area is 97.3 Å². The normalized spacial score (nSPS) is 37.6. The van der Waals surface area contributed by atoms with Crippen LogP contribution in [0.4, 0.5) is 13.2 Å². The van der Waals surface area contributed by atoms with Crippen LogP contribution < -0.4 is 16.0 Å². The number of carbonyl (C=O) groups is 1. The van der Waals surface area contributed by atoms with Crippen molar-refractivity contribution in [3.05, 3.63) is 0 Å². The smallest absolute Gasteiger partial charge is 0.243 e. The van der Waals surface area contributed by atoms with Gasteiger partial charge in [-0.3, -0.25) is 4.79 Å². The number of hydrogen-bond acceptors (Lipinski definition) is 3. The summed E-state index contributed by atoms with van der Waals surface area (Å²) >= 11 is 0. The van der Waals surface area contributed by atoms with E-state index in [9.17, 15) is 18.0 Å². The van der Waals surface area contributed by atoms with Crippen molar-refractivity contribution in [2.24, 2.45) is 11.8 Å². The molecule has 1 amide bonds. The van der Waals surface area contributed by atoms with Gasteiger partial charge in [0.25, 0.3) is 0 Å². The van der Waals surface area contributed by atoms with Crippen molar-refractivity contribution in [2.45, 2.75) is 18.6 Å². The summed E-state index contributed by atoms with van der Waals surface area (Å²) in [4.78, 5) is 11.8. The zero-order valence-corrected chi connectivity index (χ0v) is 9.26. The summed E-state index contributed by atoms with van der Waals surface area (Å²) in [6.45, 7) is 0.925. The summed E-state index contributed by atoms with van der Waals surface area (Å²) in [5.74, 6) is -2.21. The Morgan fingerprint density at radius 2 is 1.88 bits per heavy atom. The molecule has 4 atom stereocenters. The zero-order chi connectivity index (χ0) is 12.4. The maximum atomic E-state index is 13.3. The predicted molar refractivity (Wildman–Crippen MR) is 55.6 cm³/mol. The van der Waals surface area contributed by atoms with E-state index in [0.29, 0.717) is 6.54 Å². The van der Waals surface area contributed by atoms with E-state index in [1.807, 2.05) is 0 Å². The summed E-state index contributed by atoms with van der Waals surface area (Å²) < 4.78 is 38.5. The van der Waals surface area contributed by atoms with Crippen LogP contribution in [0.2, 0.25) is 0 Å². The van der Waals surface area contributed by atoms with Crippen molar-refractivity contribution in [1.82, 2.24) is 16.0 Å². The molecule has 98 valence electrons. The van der Waals surface area contributed by atoms with Crippen molar-refractivity contribution in [2.75, 3.05) is 26.2 Å². The quantitative estimate of drug-likeness (QED) is 0.634. The van der Waals surface area contributed by atoms with E-state index in [-0.39, 0.29) is 19.6 Å². The van der Waals surface area contributed by atoms with E-state index >= 15 is 0 Å². The first-order chi connectivity index (χ1) is 8.09. The lowest BCUT2D eigenvalue weighted by Crippen LogP contribution is -2.46. The van der Waals surface area contributed by atoms with Crippen LogP contribution in [-0.4, -0.2) is 50.7 Å². The molecule has 0 spiro atoms. The molecule has 0 aromatic rings. The van der Waals surface area contributed by atoms with Gasteiger partial charge in [-0.2, -0.15) is 0 Å². The Hall–Kier alpha value is -0.820. The lowest BCUT2D eigenvalue weighted by atomic mass is 9.95. The largest absolute Gasteiger partial charge is 0.349 e. The van der Waals surface area contributed by atoms with Crippen LogP contribution in [0.5, 0.6) is 0 Å². The van der Waals surface area contributed by atoms with Gasteiger partial charge in [-0.15, -0.1) is 0 Å². The molecule has 2 aliphatic rings. The highest BCUT2D eigenvalue weighted by Crippen LogP contribution is 2.24. The summed E-state index contributed by atoms with van der Waals surface area (Å²) in [7, 11) is 0. The molecule has 0 aromatic heterocycles. The molecule has 0 bridgehead atoms. The molecule has 17 heavy (non-hydrogen) atoms. The van der Waals surface area contributed by atoms with Crippen molar-refractivity contribution in [3.8, 4) is 0 Å². The average molecular weight is 251 g/mol. The van der Waals surface area contributed by atoms with Gasteiger partial charge in [0.05, 0.1) is 12.0 Å². The number of carbonyl (C=O) groups excluding carboxylic acids is 1. The van der Waals surface area contributed by atoms with Gasteiger partial charge in [0, 0.05) is 32.1 Å². The van der Waals surface area contributed by atoms with Crippen LogP contribution in [0.25, 0.3) is 0 Å². The third kappa shape index (κ3) is 2.71. The Morgan fingerprint density at radius 1 is 1.18 bits per heavy atom. The maximum absolute atomic E-state index is 13.3. The Balaban J connectivity index is 1.90. The molecule has 0 aliphatic carbocycles. The summed E-state index contributed by atoms with van der Waals surface area (Å²) in [5, 5.41) is 8.07. The maximum Gasteiger partial charge on any atom is 0.243 e. The standard InChI is InChI=1S/C10H16F3N3O/c11-7-3-15-4-8(7)16-10(17)6-2-14-1-5(6)9(12)13/h5-9,14-15H,1-4H2,(H,16,17)/t5?,6?,7-,8+/m1/s1. The van der Waals surface area contributed by atoms with E-state index < -0.39 is 36.4 Å². The summed E-state index contributed by atoms with van der Waals surface area (Å²) in [5.41, 5.74) is 0. The molecule has 7 heteroatoms. The van der Waals surface area contributed by atoms with Crippen LogP contribution in [0, 0.1) is 11.8 Å². The van der Waals surface area contributed by atoms with Crippen molar-refractivity contribution >= 4 is 5.91 Å². The van der Waals surface area contributed by atoms with Crippen LogP contribution in [-0.2, 0) is 4.79 Å². The highest BCUT2D eigenvalue weighted by molar-refractivity contribution is 5.80. The SMILES string of the molecule is O=C(N[C@H]1CNC[C@H]1F)C1CNCC1C(F)F. The first-order valence-electron chi connectivity index (χ1n) is 5.73. The fourth-order valence-electron chi connectivity index (χ4n) is 2.33. The number of nitrogens with one attached hydrogen (secondary N) is 3. The second kappa shape index (κ2) is 5.22. The molecule has 2 fully saturated rings. The first-order valence-corrected chi connectivity index (χ1v) is 5.73. The number of rotatable bonds is 3. The first kappa shape index (κ1) is 12.6. The van der Waals surface area contributed by atoms with Crippen LogP contribution in [0.15, 0.2) is 0 Å². The van der Waals surface area contributed by atoms with Crippen LogP contribution >= 0.6 is 0 Å². The molecule has 2 rings (SSSR count). The molecule has 2 heterocycles. The van der Waals surface area contributed by atoms with Gasteiger partial charge in [-0.1, -0.05) is 0 Å². The van der Waals surface area contributed by atoms with Gasteiger partial charge >= 0.3 is 0 Å². The van der Waals surface area contributed by atoms with E-state index in [2.05, 4.69) is 16.0 Å². The lowest BCUT2D eigenvalue weighted by Gasteiger charge is -2.20. The molecule has 2 saturated heterocycles. The predicted octanol–water partition coefficient (Wildman–Crippen LogP) is -0.487. The molecule has 0 saturated carbocycles. The highest BCUT2D eigenvalue weighted by atomic mass is 19.3. The topological polar surface area (TPSA) is 53.2 Å². The Kier molecular flexibility index (Phi) is 3.88. The lowest BCUT2D eigenvalue weighted by molar-refractivity contribution is -0.128. The third-order valence-corrected chi connectivity index (χ3v) is 3.39. The average Bonchev–Trinajstić information content (AvgIpc) is 2.87. The fraction of sp³-hybridized carbons (Fsp3) is 0.900. The Morgan fingerprint density at radius 3 is 2.47 bits per heavy atom. The summed E-state index contributed by atoms with van der Waals surface area (Å²) in [6.07, 6.45) is -3.66. The molecule has 2 unspecified atom stereocenters. The van der Waals surface area contributed by atoms with E-state index in [1.54, 1.807) is 0 Å². The van der Waals surface area contributed by atoms with Crippen LogP contribution in [0.3, 0.4) is 0 Å². The van der Waals surface area contributed by atoms with Crippen molar-refractivity contribution in [1.29, 1.82) is 0 Å². The van der Waals surface area contributed by atoms with E-state index in [0.717, 1.165) is 0 Å². The fourth-order valence-corrected chi connectivity index (χ4v) is 2.33. The van der Waals surface area contributed by atoms with Gasteiger partial charge in [-0.05, 0) is 0 Å². The van der Waals surface area contributed by atoms with Crippen LogP contribution in [0.1, 0.15) is 0 Å². The molecule has 0 aromatic carbocycles. The number of halogens is 3. The number of amides is 1. The Bertz CT molecular complexity index is 290. The summed E-state index contributed by atoms with van der Waals surface area (Å²) in [6, 6.07) is -0.596. The zero-order valence-electron chi connectivity index (χ0n) is 9.26. The second-order valence-electron chi connectivity index (χ2n) is 4.55. The molecule has 0 radical (unpaired) electrons. The molecular formula is C10H16F3N3O. The van der Waals surface area contributed by atoms with E-state index in [1.165, 1.54) is 0 Å². The minimum Gasteiger partial charge on any atom is -0.349 e. The van der Waals surface area contributed by atoms with Gasteiger partial charge in [-0.25, -0.2) is 13.2 Å². The second-order valence-corrected chi connectivity index (χ2v) is 4.55. The van der Waals surface area contributed by atoms with Gasteiger partial charge in [0.15, 0.2) is 0 Å². The van der Waals surface area contributed by atoms with Crippen molar-refractivity contribution in [3.63, 3.8) is 0 Å². The molecule has 2 aliphatic heterocycles. The van der Waals surface area contributed by atoms with Gasteiger partial charge in [0.2, 0.25) is 12.3 Å².